The van der Waals surface area contributed by atoms with Crippen LogP contribution >= 0.6 is 0 Å². The van der Waals surface area contributed by atoms with Gasteiger partial charge in [-0.1, -0.05) is 69.2 Å². The van der Waals surface area contributed by atoms with Gasteiger partial charge in [0.25, 0.3) is 16.0 Å². The van der Waals surface area contributed by atoms with E-state index in [0.717, 1.165) is 42.7 Å². The average molecular weight is 545 g/mol. The van der Waals surface area contributed by atoms with Gasteiger partial charge in [0.1, 0.15) is 6.26 Å². The third-order valence-corrected chi connectivity index (χ3v) is 9.44. The van der Waals surface area contributed by atoms with Crippen molar-refractivity contribution >= 4 is 16.0 Å². The highest BCUT2D eigenvalue weighted by Gasteiger charge is 2.51. The van der Waals surface area contributed by atoms with Gasteiger partial charge in [-0.05, 0) is 49.1 Å². The number of nitrogens with one attached hydrogen (secondary N) is 1. The number of carbonyl (C=O) groups is 1. The lowest BCUT2D eigenvalue weighted by atomic mass is 9.75. The lowest BCUT2D eigenvalue weighted by Gasteiger charge is -2.26. The van der Waals surface area contributed by atoms with Crippen LogP contribution in [0.5, 0.6) is 0 Å². The monoisotopic (exact) mass is 544 g/mol. The van der Waals surface area contributed by atoms with Crippen LogP contribution in [-0.4, -0.2) is 48.4 Å². The highest BCUT2D eigenvalue weighted by molar-refractivity contribution is 7.85. The van der Waals surface area contributed by atoms with Crippen LogP contribution in [0.15, 0.2) is 34.9 Å². The number of fused-ring (bicyclic) bond motifs is 2. The number of nitrogens with zero attached hydrogens (tertiary/aromatic N) is 1. The summed E-state index contributed by atoms with van der Waals surface area (Å²) in [5.74, 6) is 0.966. The number of unbranched alkanes of at least 4 members (excludes halogenated alkanes) is 1. The smallest absolute Gasteiger partial charge is 0.273 e. The van der Waals surface area contributed by atoms with Crippen molar-refractivity contribution in [1.29, 1.82) is 0 Å². The Bertz CT molecular complexity index is 1190. The second-order valence-corrected chi connectivity index (χ2v) is 12.9. The number of aromatic nitrogens is 1. The molecule has 3 aliphatic rings. The van der Waals surface area contributed by atoms with Crippen molar-refractivity contribution in [3.63, 3.8) is 0 Å². The molecular weight excluding hydrogens is 504 g/mol. The molecule has 1 aromatic carbocycles. The zero-order valence-corrected chi connectivity index (χ0v) is 22.8. The number of oxazole rings is 1. The molecule has 8 nitrogen and oxygen atoms in total. The van der Waals surface area contributed by atoms with Crippen LogP contribution in [-0.2, 0) is 27.7 Å². The highest BCUT2D eigenvalue weighted by Crippen LogP contribution is 2.50. The zero-order chi connectivity index (χ0) is 26.5. The van der Waals surface area contributed by atoms with Crippen molar-refractivity contribution in [2.75, 3.05) is 12.3 Å². The molecule has 1 aromatic heterocycles. The van der Waals surface area contributed by atoms with Gasteiger partial charge in [0.05, 0.1) is 23.9 Å². The van der Waals surface area contributed by atoms with Crippen LogP contribution in [0.25, 0.3) is 0 Å². The molecule has 0 spiro atoms. The molecule has 2 N–H and O–H groups in total. The topological polar surface area (TPSA) is 119 Å². The summed E-state index contributed by atoms with van der Waals surface area (Å²) in [6.07, 6.45) is 14.6. The van der Waals surface area contributed by atoms with Crippen LogP contribution < -0.4 is 5.32 Å². The lowest BCUT2D eigenvalue weighted by molar-refractivity contribution is 0.0897. The van der Waals surface area contributed by atoms with Crippen LogP contribution in [0.4, 0.5) is 0 Å². The predicted molar refractivity (Wildman–Crippen MR) is 144 cm³/mol. The van der Waals surface area contributed by atoms with Gasteiger partial charge in [-0.15, -0.1) is 0 Å². The van der Waals surface area contributed by atoms with E-state index in [1.807, 2.05) is 24.3 Å². The summed E-state index contributed by atoms with van der Waals surface area (Å²) >= 11 is 0. The van der Waals surface area contributed by atoms with E-state index in [1.165, 1.54) is 44.8 Å². The van der Waals surface area contributed by atoms with Gasteiger partial charge in [0, 0.05) is 12.5 Å². The van der Waals surface area contributed by atoms with Crippen LogP contribution in [0.2, 0.25) is 0 Å². The molecule has 2 bridgehead atoms. The fourth-order valence-electron chi connectivity index (χ4n) is 6.74. The first-order chi connectivity index (χ1) is 18.4. The summed E-state index contributed by atoms with van der Waals surface area (Å²) in [7, 11) is -4.04. The van der Waals surface area contributed by atoms with Crippen molar-refractivity contribution in [1.82, 2.24) is 10.3 Å². The van der Waals surface area contributed by atoms with Gasteiger partial charge in [-0.25, -0.2) is 4.98 Å². The number of aryl methyl sites for hydroxylation is 1. The number of benzene rings is 1. The van der Waals surface area contributed by atoms with Crippen molar-refractivity contribution in [3.8, 4) is 0 Å². The van der Waals surface area contributed by atoms with Gasteiger partial charge in [0.2, 0.25) is 5.89 Å². The average Bonchev–Trinajstić information content (AvgIpc) is 3.65. The van der Waals surface area contributed by atoms with E-state index in [2.05, 4.69) is 10.3 Å². The summed E-state index contributed by atoms with van der Waals surface area (Å²) in [5, 5.41) is 3.00. The second-order valence-electron chi connectivity index (χ2n) is 11.3. The van der Waals surface area contributed by atoms with Gasteiger partial charge in [0.15, 0.2) is 5.69 Å². The first kappa shape index (κ1) is 27.3. The molecule has 2 aliphatic heterocycles. The second kappa shape index (κ2) is 12.3. The van der Waals surface area contributed by atoms with E-state index in [0.29, 0.717) is 24.6 Å². The quantitative estimate of drug-likeness (QED) is 0.282. The number of hydrogen-bond donors (Lipinski definition) is 2. The van der Waals surface area contributed by atoms with Gasteiger partial charge < -0.3 is 14.5 Å². The molecule has 9 heteroatoms. The Kier molecular flexibility index (Phi) is 8.85. The summed E-state index contributed by atoms with van der Waals surface area (Å²) in [6.45, 7) is 0.647. The van der Waals surface area contributed by atoms with E-state index >= 15 is 0 Å². The standard InChI is InChI=1S/C29H40N2O6S/c32-28(30-16-7-6-10-20-8-2-1-3-9-20)24-19-36-29(31-24)27-23(25-13-14-26(27)37-25)18-22-12-5-4-11-21(22)15-17-38(33,34)35/h4-5,11-12,19-20,23,25-27H,1-3,6-10,13-18H2,(H,30,32)(H,33,34,35)/t23-,25-,26+,27-/m0/s1. The summed E-state index contributed by atoms with van der Waals surface area (Å²) in [4.78, 5) is 17.3. The van der Waals surface area contributed by atoms with E-state index in [1.54, 1.807) is 0 Å². The van der Waals surface area contributed by atoms with E-state index < -0.39 is 10.1 Å². The molecule has 0 unspecified atom stereocenters. The molecule has 5 rings (SSSR count). The number of carbonyl (C=O) groups excluding carboxylic acids is 1. The molecule has 1 saturated carbocycles. The van der Waals surface area contributed by atoms with Gasteiger partial charge in [-0.2, -0.15) is 8.42 Å². The van der Waals surface area contributed by atoms with Crippen LogP contribution in [0, 0.1) is 11.8 Å². The Hall–Kier alpha value is -2.23. The summed E-state index contributed by atoms with van der Waals surface area (Å²) < 4.78 is 43.9. The van der Waals surface area contributed by atoms with E-state index in [9.17, 15) is 17.8 Å². The molecule has 3 fully saturated rings. The number of amides is 1. The van der Waals surface area contributed by atoms with Crippen LogP contribution in [0.1, 0.15) is 97.6 Å². The third kappa shape index (κ3) is 6.85. The Morgan fingerprint density at radius 2 is 1.79 bits per heavy atom. The normalized spacial score (nSPS) is 25.6. The summed E-state index contributed by atoms with van der Waals surface area (Å²) in [6, 6.07) is 7.74. The minimum absolute atomic E-state index is 0.00401. The maximum absolute atomic E-state index is 12.7. The minimum atomic E-state index is -4.04. The summed E-state index contributed by atoms with van der Waals surface area (Å²) in [5.41, 5.74) is 2.25. The van der Waals surface area contributed by atoms with E-state index in [4.69, 9.17) is 9.15 Å². The van der Waals surface area contributed by atoms with Crippen molar-refractivity contribution in [3.05, 3.63) is 53.2 Å². The van der Waals surface area contributed by atoms with Crippen LogP contribution in [0.3, 0.4) is 0 Å². The molecule has 2 saturated heterocycles. The predicted octanol–water partition coefficient (Wildman–Crippen LogP) is 5.09. The Morgan fingerprint density at radius 1 is 1.03 bits per heavy atom. The fraction of sp³-hybridized carbons (Fsp3) is 0.655. The maximum Gasteiger partial charge on any atom is 0.273 e. The number of hydrogen-bond acceptors (Lipinski definition) is 6. The maximum atomic E-state index is 12.7. The molecule has 3 heterocycles. The highest BCUT2D eigenvalue weighted by atomic mass is 32.2. The fourth-order valence-corrected chi connectivity index (χ4v) is 7.22. The Balaban J connectivity index is 1.18. The molecule has 1 aliphatic carbocycles. The molecule has 1 amide bonds. The van der Waals surface area contributed by atoms with Crippen molar-refractivity contribution in [2.45, 2.75) is 95.2 Å². The molecule has 208 valence electrons. The van der Waals surface area contributed by atoms with Crippen molar-refractivity contribution < 1.29 is 26.9 Å². The zero-order valence-electron chi connectivity index (χ0n) is 22.0. The first-order valence-corrected chi connectivity index (χ1v) is 15.9. The minimum Gasteiger partial charge on any atom is -0.448 e. The number of rotatable bonds is 12. The molecule has 4 atom stereocenters. The molecular formula is C29H40N2O6S. The molecule has 0 radical (unpaired) electrons. The van der Waals surface area contributed by atoms with Crippen molar-refractivity contribution in [2.24, 2.45) is 11.8 Å². The Labute approximate surface area is 225 Å². The molecule has 2 aromatic rings. The first-order valence-electron chi connectivity index (χ1n) is 14.3. The number of ether oxygens (including phenoxy) is 1. The van der Waals surface area contributed by atoms with E-state index in [-0.39, 0.29) is 42.1 Å². The van der Waals surface area contributed by atoms with Gasteiger partial charge in [-0.3, -0.25) is 9.35 Å². The third-order valence-electron chi connectivity index (χ3n) is 8.72. The lowest BCUT2D eigenvalue weighted by Crippen LogP contribution is -2.28. The SMILES string of the molecule is O=C(NCCCCC1CCCCC1)c1coc([C@H]2[C@@H](Cc3ccccc3CCS(=O)(=O)O)[C@@H]3CC[C@H]2O3)n1. The molecule has 38 heavy (non-hydrogen) atoms. The van der Waals surface area contributed by atoms with Gasteiger partial charge >= 0.3 is 0 Å². The largest absolute Gasteiger partial charge is 0.448 e. The Morgan fingerprint density at radius 3 is 2.58 bits per heavy atom.